The van der Waals surface area contributed by atoms with E-state index in [2.05, 4.69) is 0 Å². The highest BCUT2D eigenvalue weighted by Gasteiger charge is 2.33. The average molecular weight is 447 g/mol. The van der Waals surface area contributed by atoms with Crippen LogP contribution in [-0.4, -0.2) is 34.5 Å². The first-order valence-electron chi connectivity index (χ1n) is 11.5. The van der Waals surface area contributed by atoms with Crippen LogP contribution in [0.4, 0.5) is 0 Å². The largest absolute Gasteiger partial charge is 0.493 e. The number of furan rings is 1. The van der Waals surface area contributed by atoms with Gasteiger partial charge in [-0.25, -0.2) is 0 Å². The Bertz CT molecular complexity index is 1150. The van der Waals surface area contributed by atoms with Gasteiger partial charge < -0.3 is 19.2 Å². The number of carbonyl (C=O) groups is 2. The van der Waals surface area contributed by atoms with Crippen molar-refractivity contribution in [1.82, 2.24) is 4.90 Å². The third kappa shape index (κ3) is 6.13. The van der Waals surface area contributed by atoms with Gasteiger partial charge in [-0.1, -0.05) is 42.5 Å². The summed E-state index contributed by atoms with van der Waals surface area (Å²) < 4.78 is 20.0. The Morgan fingerprint density at radius 3 is 2.58 bits per heavy atom. The molecule has 0 unspecified atom stereocenters. The lowest BCUT2D eigenvalue weighted by atomic mass is 10.1. The van der Waals surface area contributed by atoms with Crippen molar-refractivity contribution in [2.75, 3.05) is 6.61 Å². The summed E-state index contributed by atoms with van der Waals surface area (Å²) in [6.07, 6.45) is 6.84. The van der Waals surface area contributed by atoms with Crippen LogP contribution in [0.3, 0.4) is 0 Å². The molecular formula is C27H27NO5. The first-order valence-corrected chi connectivity index (χ1v) is 11.0. The fraction of sp³-hybridized carbons (Fsp3) is 0.259. The molecule has 0 saturated heterocycles. The molecule has 3 aromatic rings. The monoisotopic (exact) mass is 446 g/mol. The fourth-order valence-corrected chi connectivity index (χ4v) is 3.51. The van der Waals surface area contributed by atoms with E-state index in [1.165, 1.54) is 0 Å². The SMILES string of the molecule is [2H]C1(N(Cc2ccccc2OCC/C=C\CC(=O)O)C(=O)c2ccc(-c3ccco3)cc2)CC1. The summed E-state index contributed by atoms with van der Waals surface area (Å²) in [5.41, 5.74) is 2.24. The lowest BCUT2D eigenvalue weighted by Crippen LogP contribution is -2.32. The van der Waals surface area contributed by atoms with Gasteiger partial charge in [0, 0.05) is 29.3 Å². The van der Waals surface area contributed by atoms with Gasteiger partial charge in [-0.05, 0) is 49.6 Å². The van der Waals surface area contributed by atoms with Gasteiger partial charge in [-0.15, -0.1) is 0 Å². The minimum absolute atomic E-state index is 0.0122. The number of benzene rings is 2. The van der Waals surface area contributed by atoms with Crippen molar-refractivity contribution < 1.29 is 25.2 Å². The normalized spacial score (nSPS) is 14.6. The molecule has 1 aliphatic carbocycles. The Hall–Kier alpha value is -3.80. The van der Waals surface area contributed by atoms with E-state index in [0.29, 0.717) is 37.2 Å². The highest BCUT2D eigenvalue weighted by atomic mass is 16.5. The van der Waals surface area contributed by atoms with Crippen molar-refractivity contribution in [2.45, 2.75) is 38.2 Å². The quantitative estimate of drug-likeness (QED) is 0.308. The number of rotatable bonds is 11. The van der Waals surface area contributed by atoms with Crippen LogP contribution >= 0.6 is 0 Å². The molecule has 0 atom stereocenters. The van der Waals surface area contributed by atoms with Crippen molar-refractivity contribution >= 4 is 11.9 Å². The van der Waals surface area contributed by atoms with Crippen LogP contribution in [0, 0.1) is 0 Å². The maximum absolute atomic E-state index is 13.4. The summed E-state index contributed by atoms with van der Waals surface area (Å²) in [6, 6.07) is 17.5. The van der Waals surface area contributed by atoms with E-state index < -0.39 is 12.0 Å². The molecule has 2 aromatic carbocycles. The number of amides is 1. The molecule has 33 heavy (non-hydrogen) atoms. The van der Waals surface area contributed by atoms with Gasteiger partial charge in [0.2, 0.25) is 0 Å². The molecule has 1 heterocycles. The Balaban J connectivity index is 1.46. The van der Waals surface area contributed by atoms with Gasteiger partial charge >= 0.3 is 5.97 Å². The molecule has 1 fully saturated rings. The summed E-state index contributed by atoms with van der Waals surface area (Å²) in [5, 5.41) is 8.69. The molecular weight excluding hydrogens is 418 g/mol. The van der Waals surface area contributed by atoms with Crippen molar-refractivity contribution in [2.24, 2.45) is 0 Å². The van der Waals surface area contributed by atoms with Gasteiger partial charge in [-0.2, -0.15) is 0 Å². The zero-order valence-electron chi connectivity index (χ0n) is 19.3. The second-order valence-electron chi connectivity index (χ2n) is 7.83. The van der Waals surface area contributed by atoms with Crippen LogP contribution in [-0.2, 0) is 11.3 Å². The summed E-state index contributed by atoms with van der Waals surface area (Å²) in [6.45, 7) is 0.661. The third-order valence-corrected chi connectivity index (χ3v) is 5.34. The minimum Gasteiger partial charge on any atom is -0.493 e. The smallest absolute Gasteiger partial charge is 0.307 e. The number of para-hydroxylation sites is 1. The third-order valence-electron chi connectivity index (χ3n) is 5.34. The van der Waals surface area contributed by atoms with E-state index in [-0.39, 0.29) is 18.9 Å². The number of ether oxygens (including phenoxy) is 1. The number of carbonyl (C=O) groups excluding carboxylic acids is 1. The molecule has 1 saturated carbocycles. The number of aliphatic carboxylic acids is 1. The van der Waals surface area contributed by atoms with Crippen molar-refractivity contribution in [3.8, 4) is 17.1 Å². The Labute approximate surface area is 194 Å². The number of carboxylic acid groups (broad SMARTS) is 1. The molecule has 6 heteroatoms. The summed E-state index contributed by atoms with van der Waals surface area (Å²) >= 11 is 0. The molecule has 1 N–H and O–H groups in total. The molecule has 0 aliphatic heterocycles. The average Bonchev–Trinajstić information content (AvgIpc) is 3.35. The number of carboxylic acids is 1. The zero-order chi connectivity index (χ0) is 24.0. The Morgan fingerprint density at radius 2 is 1.88 bits per heavy atom. The standard InChI is InChI=1S/C27H27NO5/c29-26(30)10-2-1-5-17-32-25-8-4-3-7-22(25)19-28(23-15-16-23)27(31)21-13-11-20(12-14-21)24-9-6-18-33-24/h1-4,6-9,11-14,18,23H,5,10,15-17,19H2,(H,29,30)/b2-1-/i23D. The topological polar surface area (TPSA) is 80.0 Å². The summed E-state index contributed by atoms with van der Waals surface area (Å²) in [7, 11) is 0. The molecule has 0 bridgehead atoms. The predicted octanol–water partition coefficient (Wildman–Crippen LogP) is 5.55. The van der Waals surface area contributed by atoms with Crippen molar-refractivity contribution in [1.29, 1.82) is 0 Å². The lowest BCUT2D eigenvalue weighted by Gasteiger charge is -2.24. The number of nitrogens with zero attached hydrogens (tertiary/aromatic N) is 1. The fourth-order valence-electron chi connectivity index (χ4n) is 3.51. The van der Waals surface area contributed by atoms with Crippen LogP contribution in [0.5, 0.6) is 5.75 Å². The Morgan fingerprint density at radius 1 is 1.09 bits per heavy atom. The molecule has 0 radical (unpaired) electrons. The second-order valence-corrected chi connectivity index (χ2v) is 7.83. The molecule has 6 nitrogen and oxygen atoms in total. The molecule has 1 amide bonds. The van der Waals surface area contributed by atoms with E-state index in [4.69, 9.17) is 15.6 Å². The van der Waals surface area contributed by atoms with Crippen molar-refractivity contribution in [3.63, 3.8) is 0 Å². The summed E-state index contributed by atoms with van der Waals surface area (Å²) in [5.74, 6) is 0.334. The van der Waals surface area contributed by atoms with Crippen LogP contribution in [0.2, 0.25) is 0 Å². The molecule has 0 spiro atoms. The molecule has 1 aliphatic rings. The van der Waals surface area contributed by atoms with Crippen LogP contribution < -0.4 is 4.74 Å². The van der Waals surface area contributed by atoms with Crippen LogP contribution in [0.25, 0.3) is 11.3 Å². The molecule has 170 valence electrons. The first-order chi connectivity index (χ1) is 16.5. The first kappa shape index (κ1) is 21.1. The van der Waals surface area contributed by atoms with Gasteiger partial charge in [0.25, 0.3) is 5.91 Å². The zero-order valence-corrected chi connectivity index (χ0v) is 18.3. The summed E-state index contributed by atoms with van der Waals surface area (Å²) in [4.78, 5) is 25.6. The maximum Gasteiger partial charge on any atom is 0.307 e. The second kappa shape index (κ2) is 10.7. The molecule has 1 aromatic heterocycles. The Kier molecular flexibility index (Phi) is 6.82. The predicted molar refractivity (Wildman–Crippen MR) is 125 cm³/mol. The van der Waals surface area contributed by atoms with Gasteiger partial charge in [0.05, 0.1) is 20.7 Å². The van der Waals surface area contributed by atoms with Crippen LogP contribution in [0.1, 0.15) is 43.0 Å². The van der Waals surface area contributed by atoms with Gasteiger partial charge in [0.15, 0.2) is 0 Å². The van der Waals surface area contributed by atoms with Crippen molar-refractivity contribution in [3.05, 3.63) is 90.2 Å². The van der Waals surface area contributed by atoms with E-state index in [1.807, 2.05) is 48.5 Å². The van der Waals surface area contributed by atoms with E-state index in [9.17, 15) is 9.59 Å². The van der Waals surface area contributed by atoms with Gasteiger partial charge in [-0.3, -0.25) is 9.59 Å². The van der Waals surface area contributed by atoms with E-state index in [0.717, 1.165) is 16.9 Å². The number of hydrogen-bond donors (Lipinski definition) is 1. The highest BCUT2D eigenvalue weighted by molar-refractivity contribution is 5.95. The number of hydrogen-bond acceptors (Lipinski definition) is 4. The van der Waals surface area contributed by atoms with E-state index in [1.54, 1.807) is 35.4 Å². The van der Waals surface area contributed by atoms with Crippen LogP contribution in [0.15, 0.2) is 83.5 Å². The van der Waals surface area contributed by atoms with Gasteiger partial charge in [0.1, 0.15) is 11.5 Å². The highest BCUT2D eigenvalue weighted by Crippen LogP contribution is 2.32. The minimum atomic E-state index is -0.913. The molecule has 4 rings (SSSR count). The van der Waals surface area contributed by atoms with E-state index >= 15 is 0 Å². The maximum atomic E-state index is 13.4. The lowest BCUT2D eigenvalue weighted by molar-refractivity contribution is -0.136.